The maximum absolute atomic E-state index is 12.5. The third-order valence-corrected chi connectivity index (χ3v) is 6.36. The van der Waals surface area contributed by atoms with Crippen LogP contribution in [0, 0.1) is 0 Å². The minimum atomic E-state index is -3.78. The van der Waals surface area contributed by atoms with E-state index in [9.17, 15) is 18.0 Å². The summed E-state index contributed by atoms with van der Waals surface area (Å²) in [6.07, 6.45) is 2.34. The second-order valence-electron chi connectivity index (χ2n) is 6.59. The normalized spacial score (nSPS) is 14.2. The summed E-state index contributed by atoms with van der Waals surface area (Å²) in [7, 11) is -3.78. The van der Waals surface area contributed by atoms with Gasteiger partial charge in [-0.1, -0.05) is 29.3 Å². The summed E-state index contributed by atoms with van der Waals surface area (Å²) in [6.45, 7) is 0.208. The van der Waals surface area contributed by atoms with Gasteiger partial charge in [0.25, 0.3) is 0 Å². The molecule has 2 amide bonds. The molecule has 2 aromatic carbocycles. The lowest BCUT2D eigenvalue weighted by atomic mass is 10.2. The monoisotopic (exact) mass is 455 g/mol. The number of benzene rings is 2. The van der Waals surface area contributed by atoms with Crippen molar-refractivity contribution in [3.05, 3.63) is 52.5 Å². The number of carbonyl (C=O) groups is 2. The summed E-state index contributed by atoms with van der Waals surface area (Å²) < 4.78 is 25.3. The first-order chi connectivity index (χ1) is 13.7. The van der Waals surface area contributed by atoms with E-state index in [4.69, 9.17) is 23.2 Å². The van der Waals surface area contributed by atoms with Crippen LogP contribution < -0.4 is 14.5 Å². The van der Waals surface area contributed by atoms with Gasteiger partial charge in [0.1, 0.15) is 6.54 Å². The Labute approximate surface area is 179 Å². The summed E-state index contributed by atoms with van der Waals surface area (Å²) in [5.74, 6) is -0.472. The molecule has 1 N–H and O–H groups in total. The van der Waals surface area contributed by atoms with Crippen molar-refractivity contribution in [3.63, 3.8) is 0 Å². The molecule has 1 aliphatic heterocycles. The lowest BCUT2D eigenvalue weighted by Crippen LogP contribution is -2.37. The molecule has 0 unspecified atom stereocenters. The van der Waals surface area contributed by atoms with Crippen LogP contribution in [0.1, 0.15) is 12.8 Å². The van der Waals surface area contributed by atoms with Crippen LogP contribution in [0.15, 0.2) is 42.5 Å². The number of hydrogen-bond acceptors (Lipinski definition) is 4. The first-order valence-electron chi connectivity index (χ1n) is 8.79. The Balaban J connectivity index is 1.74. The summed E-state index contributed by atoms with van der Waals surface area (Å²) in [4.78, 5) is 26.0. The molecule has 0 bridgehead atoms. The molecule has 2 aromatic rings. The van der Waals surface area contributed by atoms with Crippen LogP contribution >= 0.6 is 23.2 Å². The average molecular weight is 456 g/mol. The molecule has 0 spiro atoms. The third kappa shape index (κ3) is 5.01. The predicted molar refractivity (Wildman–Crippen MR) is 115 cm³/mol. The number of anilines is 3. The van der Waals surface area contributed by atoms with Crippen molar-refractivity contribution in [2.75, 3.05) is 33.9 Å². The zero-order chi connectivity index (χ0) is 21.2. The summed E-state index contributed by atoms with van der Waals surface area (Å²) in [5, 5.41) is 2.89. The van der Waals surface area contributed by atoms with E-state index >= 15 is 0 Å². The standard InChI is InChI=1S/C19H19Cl2N3O4S/c1-29(27,28)24(16-5-2-4-15(20)19(16)21)12-17(25)22-13-7-9-14(10-8-13)23-11-3-6-18(23)26/h2,4-5,7-10H,3,6,11-12H2,1H3,(H,22,25). The molecule has 1 heterocycles. The fourth-order valence-corrected chi connectivity index (χ4v) is 4.35. The molecule has 0 radical (unpaired) electrons. The highest BCUT2D eigenvalue weighted by molar-refractivity contribution is 7.92. The minimum absolute atomic E-state index is 0.0482. The van der Waals surface area contributed by atoms with Crippen molar-refractivity contribution in [3.8, 4) is 0 Å². The molecule has 154 valence electrons. The van der Waals surface area contributed by atoms with E-state index in [-0.39, 0.29) is 21.6 Å². The van der Waals surface area contributed by atoms with Crippen molar-refractivity contribution in [1.82, 2.24) is 0 Å². The topological polar surface area (TPSA) is 86.8 Å². The van der Waals surface area contributed by atoms with E-state index in [1.165, 1.54) is 12.1 Å². The van der Waals surface area contributed by atoms with Crippen molar-refractivity contribution < 1.29 is 18.0 Å². The van der Waals surface area contributed by atoms with E-state index < -0.39 is 22.5 Å². The Morgan fingerprint density at radius 2 is 1.86 bits per heavy atom. The van der Waals surface area contributed by atoms with Gasteiger partial charge in [-0.25, -0.2) is 8.42 Å². The summed E-state index contributed by atoms with van der Waals surface area (Å²) >= 11 is 12.1. The number of nitrogens with zero attached hydrogens (tertiary/aromatic N) is 2. The molecule has 0 atom stereocenters. The minimum Gasteiger partial charge on any atom is -0.325 e. The van der Waals surface area contributed by atoms with E-state index in [2.05, 4.69) is 5.32 Å². The van der Waals surface area contributed by atoms with Crippen LogP contribution in [0.25, 0.3) is 0 Å². The first kappa shape index (κ1) is 21.4. The lowest BCUT2D eigenvalue weighted by Gasteiger charge is -2.23. The van der Waals surface area contributed by atoms with E-state index in [0.29, 0.717) is 18.7 Å². The lowest BCUT2D eigenvalue weighted by molar-refractivity contribution is -0.117. The van der Waals surface area contributed by atoms with Gasteiger partial charge in [0.2, 0.25) is 21.8 Å². The second-order valence-corrected chi connectivity index (χ2v) is 9.28. The quantitative estimate of drug-likeness (QED) is 0.721. The highest BCUT2D eigenvalue weighted by atomic mass is 35.5. The van der Waals surface area contributed by atoms with Crippen molar-refractivity contribution in [2.45, 2.75) is 12.8 Å². The van der Waals surface area contributed by atoms with Crippen molar-refractivity contribution in [1.29, 1.82) is 0 Å². The SMILES string of the molecule is CS(=O)(=O)N(CC(=O)Nc1ccc(N2CCCC2=O)cc1)c1cccc(Cl)c1Cl. The van der Waals surface area contributed by atoms with Gasteiger partial charge >= 0.3 is 0 Å². The van der Waals surface area contributed by atoms with Gasteiger partial charge < -0.3 is 10.2 Å². The molecular weight excluding hydrogens is 437 g/mol. The zero-order valence-electron chi connectivity index (χ0n) is 15.6. The van der Waals surface area contributed by atoms with Gasteiger partial charge in [-0.05, 0) is 42.8 Å². The molecule has 10 heteroatoms. The molecule has 1 saturated heterocycles. The number of carbonyl (C=O) groups excluding carboxylic acids is 2. The zero-order valence-corrected chi connectivity index (χ0v) is 17.9. The molecular formula is C19H19Cl2N3O4S. The van der Waals surface area contributed by atoms with Gasteiger partial charge in [0.05, 0.1) is 22.0 Å². The van der Waals surface area contributed by atoms with E-state index in [1.54, 1.807) is 35.2 Å². The fraction of sp³-hybridized carbons (Fsp3) is 0.263. The van der Waals surface area contributed by atoms with Crippen LogP contribution in [0.3, 0.4) is 0 Å². The molecule has 7 nitrogen and oxygen atoms in total. The number of nitrogens with one attached hydrogen (secondary N) is 1. The number of amides is 2. The largest absolute Gasteiger partial charge is 0.325 e. The Hall–Kier alpha value is -2.29. The van der Waals surface area contributed by atoms with E-state index in [0.717, 1.165) is 22.7 Å². The van der Waals surface area contributed by atoms with Crippen LogP contribution in [0.2, 0.25) is 10.0 Å². The average Bonchev–Trinajstić information content (AvgIpc) is 3.08. The van der Waals surface area contributed by atoms with Crippen molar-refractivity contribution >= 4 is 62.1 Å². The van der Waals surface area contributed by atoms with Crippen molar-refractivity contribution in [2.24, 2.45) is 0 Å². The number of halogens is 2. The first-order valence-corrected chi connectivity index (χ1v) is 11.4. The van der Waals surface area contributed by atoms with Gasteiger partial charge in [-0.3, -0.25) is 13.9 Å². The Kier molecular flexibility index (Phi) is 6.36. The van der Waals surface area contributed by atoms with Crippen LogP contribution in [-0.4, -0.2) is 39.6 Å². The van der Waals surface area contributed by atoms with Gasteiger partial charge in [-0.15, -0.1) is 0 Å². The molecule has 1 aliphatic rings. The highest BCUT2D eigenvalue weighted by Crippen LogP contribution is 2.33. The molecule has 0 aromatic heterocycles. The third-order valence-electron chi connectivity index (χ3n) is 4.42. The predicted octanol–water partition coefficient (Wildman–Crippen LogP) is 3.52. The Bertz CT molecular complexity index is 1040. The second kappa shape index (κ2) is 8.61. The number of sulfonamides is 1. The highest BCUT2D eigenvalue weighted by Gasteiger charge is 2.24. The Morgan fingerprint density at radius 1 is 1.17 bits per heavy atom. The van der Waals surface area contributed by atoms with E-state index in [1.807, 2.05) is 0 Å². The number of hydrogen-bond donors (Lipinski definition) is 1. The van der Waals surface area contributed by atoms with Gasteiger partial charge in [-0.2, -0.15) is 0 Å². The van der Waals surface area contributed by atoms with Crippen LogP contribution in [0.5, 0.6) is 0 Å². The summed E-state index contributed by atoms with van der Waals surface area (Å²) in [5.41, 5.74) is 1.37. The van der Waals surface area contributed by atoms with Gasteiger partial charge in [0.15, 0.2) is 0 Å². The number of rotatable bonds is 6. The Morgan fingerprint density at radius 3 is 2.45 bits per heavy atom. The molecule has 0 saturated carbocycles. The summed E-state index contributed by atoms with van der Waals surface area (Å²) in [6, 6.07) is 11.4. The smallest absolute Gasteiger partial charge is 0.245 e. The maximum atomic E-state index is 12.5. The molecule has 29 heavy (non-hydrogen) atoms. The molecule has 0 aliphatic carbocycles. The van der Waals surface area contributed by atoms with Crippen LogP contribution in [-0.2, 0) is 19.6 Å². The fourth-order valence-electron chi connectivity index (χ4n) is 3.04. The molecule has 3 rings (SSSR count). The van der Waals surface area contributed by atoms with Gasteiger partial charge in [0, 0.05) is 24.3 Å². The van der Waals surface area contributed by atoms with Crippen LogP contribution in [0.4, 0.5) is 17.1 Å². The maximum Gasteiger partial charge on any atom is 0.245 e. The molecule has 1 fully saturated rings.